The Hall–Kier alpha value is -0.450. The summed E-state index contributed by atoms with van der Waals surface area (Å²) in [6, 6.07) is 0. The van der Waals surface area contributed by atoms with Crippen molar-refractivity contribution in [1.29, 1.82) is 0 Å². The Labute approximate surface area is 111 Å². The molecular formula is C14H29NO3. The van der Waals surface area contributed by atoms with Crippen LogP contribution in [0.4, 0.5) is 0 Å². The number of nitrogens with one attached hydrogen (secondary N) is 1. The van der Waals surface area contributed by atoms with Gasteiger partial charge in [-0.05, 0) is 53.0 Å². The van der Waals surface area contributed by atoms with Crippen molar-refractivity contribution < 1.29 is 14.6 Å². The van der Waals surface area contributed by atoms with Crippen LogP contribution in [0.15, 0.2) is 0 Å². The van der Waals surface area contributed by atoms with Crippen LogP contribution in [-0.2, 0) is 9.53 Å². The van der Waals surface area contributed by atoms with Gasteiger partial charge in [-0.2, -0.15) is 0 Å². The van der Waals surface area contributed by atoms with E-state index in [1.54, 1.807) is 0 Å². The van der Waals surface area contributed by atoms with Gasteiger partial charge in [-0.1, -0.05) is 0 Å². The second-order valence-corrected chi connectivity index (χ2v) is 5.65. The minimum absolute atomic E-state index is 0.0803. The fourth-order valence-corrected chi connectivity index (χ4v) is 1.50. The molecule has 0 spiro atoms. The van der Waals surface area contributed by atoms with Gasteiger partial charge in [-0.3, -0.25) is 4.79 Å². The quantitative estimate of drug-likeness (QED) is 0.556. The second-order valence-electron chi connectivity index (χ2n) is 5.65. The largest absolute Gasteiger partial charge is 0.389 e. The van der Waals surface area contributed by atoms with Gasteiger partial charge in [0.15, 0.2) is 5.78 Å². The zero-order chi connectivity index (χ0) is 13.9. The van der Waals surface area contributed by atoms with Gasteiger partial charge >= 0.3 is 0 Å². The van der Waals surface area contributed by atoms with Gasteiger partial charge in [-0.25, -0.2) is 0 Å². The van der Waals surface area contributed by atoms with Crippen LogP contribution in [0.1, 0.15) is 52.9 Å². The predicted octanol–water partition coefficient (Wildman–Crippen LogP) is 1.90. The van der Waals surface area contributed by atoms with Crippen molar-refractivity contribution in [3.05, 3.63) is 0 Å². The first-order valence-corrected chi connectivity index (χ1v) is 6.91. The normalized spacial score (nSPS) is 11.8. The summed E-state index contributed by atoms with van der Waals surface area (Å²) >= 11 is 0. The highest BCUT2D eigenvalue weighted by molar-refractivity contribution is 5.79. The summed E-state index contributed by atoms with van der Waals surface area (Å²) < 4.78 is 5.48. The van der Waals surface area contributed by atoms with Crippen molar-refractivity contribution in [2.24, 2.45) is 0 Å². The highest BCUT2D eigenvalue weighted by Gasteiger charge is 2.06. The van der Waals surface area contributed by atoms with E-state index in [9.17, 15) is 4.79 Å². The lowest BCUT2D eigenvalue weighted by atomic mass is 10.1. The van der Waals surface area contributed by atoms with Crippen LogP contribution in [-0.4, -0.2) is 42.8 Å². The Balaban J connectivity index is 3.10. The Morgan fingerprint density at radius 1 is 1.11 bits per heavy atom. The number of ether oxygens (including phenoxy) is 1. The van der Waals surface area contributed by atoms with Gasteiger partial charge in [0.25, 0.3) is 0 Å². The summed E-state index contributed by atoms with van der Waals surface area (Å²) in [7, 11) is 0. The minimum Gasteiger partial charge on any atom is -0.389 e. The molecular weight excluding hydrogens is 230 g/mol. The molecule has 0 heterocycles. The molecule has 0 radical (unpaired) electrons. The summed E-state index contributed by atoms with van der Waals surface area (Å²) in [6.45, 7) is 8.69. The number of ketones is 1. The van der Waals surface area contributed by atoms with Gasteiger partial charge in [0.1, 0.15) is 6.61 Å². The van der Waals surface area contributed by atoms with E-state index in [0.717, 1.165) is 38.8 Å². The SMILES string of the molecule is CC(C)(C)NCCCCOCCCCC(=O)CO. The Bertz CT molecular complexity index is 212. The first kappa shape index (κ1) is 17.6. The van der Waals surface area contributed by atoms with E-state index in [2.05, 4.69) is 26.1 Å². The molecule has 0 aromatic carbocycles. The van der Waals surface area contributed by atoms with E-state index in [1.165, 1.54) is 0 Å². The van der Waals surface area contributed by atoms with Gasteiger partial charge in [0.05, 0.1) is 0 Å². The third kappa shape index (κ3) is 13.6. The van der Waals surface area contributed by atoms with E-state index >= 15 is 0 Å². The molecule has 0 aliphatic heterocycles. The molecule has 4 nitrogen and oxygen atoms in total. The Morgan fingerprint density at radius 3 is 2.28 bits per heavy atom. The van der Waals surface area contributed by atoms with Crippen molar-refractivity contribution in [2.75, 3.05) is 26.4 Å². The average molecular weight is 259 g/mol. The standard InChI is InChI=1S/C14H29NO3/c1-14(2,3)15-9-5-7-11-18-10-6-4-8-13(17)12-16/h15-16H,4-12H2,1-3H3. The molecule has 2 N–H and O–H groups in total. The predicted molar refractivity (Wildman–Crippen MR) is 73.8 cm³/mol. The molecule has 0 saturated carbocycles. The number of aliphatic hydroxyl groups is 1. The van der Waals surface area contributed by atoms with Crippen molar-refractivity contribution in [3.8, 4) is 0 Å². The maximum absolute atomic E-state index is 10.8. The number of rotatable bonds is 11. The van der Waals surface area contributed by atoms with Crippen molar-refractivity contribution in [3.63, 3.8) is 0 Å². The number of hydrogen-bond donors (Lipinski definition) is 2. The number of unbranched alkanes of at least 4 members (excludes halogenated alkanes) is 2. The molecule has 4 heteroatoms. The van der Waals surface area contributed by atoms with Crippen LogP contribution < -0.4 is 5.32 Å². The minimum atomic E-state index is -0.332. The maximum Gasteiger partial charge on any atom is 0.158 e. The van der Waals surface area contributed by atoms with Crippen molar-refractivity contribution in [2.45, 2.75) is 58.4 Å². The van der Waals surface area contributed by atoms with Gasteiger partial charge in [-0.15, -0.1) is 0 Å². The molecule has 108 valence electrons. The molecule has 0 rings (SSSR count). The summed E-state index contributed by atoms with van der Waals surface area (Å²) in [5.74, 6) is -0.0803. The highest BCUT2D eigenvalue weighted by atomic mass is 16.5. The lowest BCUT2D eigenvalue weighted by Crippen LogP contribution is -2.36. The van der Waals surface area contributed by atoms with Gasteiger partial charge in [0.2, 0.25) is 0 Å². The van der Waals surface area contributed by atoms with Crippen LogP contribution >= 0.6 is 0 Å². The smallest absolute Gasteiger partial charge is 0.158 e. The lowest BCUT2D eigenvalue weighted by Gasteiger charge is -2.20. The summed E-state index contributed by atoms with van der Waals surface area (Å²) in [5, 5.41) is 12.0. The van der Waals surface area contributed by atoms with E-state index in [-0.39, 0.29) is 17.9 Å². The molecule has 0 aromatic rings. The maximum atomic E-state index is 10.8. The molecule has 0 unspecified atom stereocenters. The topological polar surface area (TPSA) is 58.6 Å². The van der Waals surface area contributed by atoms with Crippen LogP contribution in [0.3, 0.4) is 0 Å². The molecule has 0 aromatic heterocycles. The number of hydrogen-bond acceptors (Lipinski definition) is 4. The van der Waals surface area contributed by atoms with E-state index in [1.807, 2.05) is 0 Å². The number of Topliss-reactive ketones (excluding diaryl/α,β-unsaturated/α-hetero) is 1. The first-order valence-electron chi connectivity index (χ1n) is 6.91. The number of carbonyl (C=O) groups is 1. The van der Waals surface area contributed by atoms with Crippen molar-refractivity contribution in [1.82, 2.24) is 5.32 Å². The van der Waals surface area contributed by atoms with Gasteiger partial charge in [0, 0.05) is 25.2 Å². The number of carbonyl (C=O) groups excluding carboxylic acids is 1. The fourth-order valence-electron chi connectivity index (χ4n) is 1.50. The van der Waals surface area contributed by atoms with E-state index in [0.29, 0.717) is 13.0 Å². The Kier molecular flexibility index (Phi) is 10.2. The summed E-state index contributed by atoms with van der Waals surface area (Å²) in [4.78, 5) is 10.8. The van der Waals surface area contributed by atoms with Crippen molar-refractivity contribution >= 4 is 5.78 Å². The molecule has 18 heavy (non-hydrogen) atoms. The molecule has 0 atom stereocenters. The Morgan fingerprint density at radius 2 is 1.72 bits per heavy atom. The van der Waals surface area contributed by atoms with Crippen LogP contribution in [0.2, 0.25) is 0 Å². The molecule has 0 bridgehead atoms. The van der Waals surface area contributed by atoms with Gasteiger partial charge < -0.3 is 15.2 Å². The second kappa shape index (κ2) is 10.5. The third-order valence-electron chi connectivity index (χ3n) is 2.54. The van der Waals surface area contributed by atoms with E-state index in [4.69, 9.17) is 9.84 Å². The summed E-state index contributed by atoms with van der Waals surface area (Å²) in [5.41, 5.74) is 0.195. The fraction of sp³-hybridized carbons (Fsp3) is 0.929. The number of aliphatic hydroxyl groups excluding tert-OH is 1. The molecule has 0 amide bonds. The summed E-state index contributed by atoms with van der Waals surface area (Å²) in [6.07, 6.45) is 4.37. The third-order valence-corrected chi connectivity index (χ3v) is 2.54. The molecule has 0 fully saturated rings. The zero-order valence-electron chi connectivity index (χ0n) is 12.1. The monoisotopic (exact) mass is 259 g/mol. The molecule has 0 aliphatic carbocycles. The average Bonchev–Trinajstić information content (AvgIpc) is 2.29. The zero-order valence-corrected chi connectivity index (χ0v) is 12.1. The highest BCUT2D eigenvalue weighted by Crippen LogP contribution is 2.00. The lowest BCUT2D eigenvalue weighted by molar-refractivity contribution is -0.121. The molecule has 0 aliphatic rings. The van der Waals surface area contributed by atoms with E-state index < -0.39 is 0 Å². The van der Waals surface area contributed by atoms with Crippen LogP contribution in [0, 0.1) is 0 Å². The molecule has 0 saturated heterocycles. The first-order chi connectivity index (χ1) is 8.45. The van der Waals surface area contributed by atoms with Crippen LogP contribution in [0.25, 0.3) is 0 Å². The van der Waals surface area contributed by atoms with Crippen LogP contribution in [0.5, 0.6) is 0 Å².